The maximum atomic E-state index is 11.9. The van der Waals surface area contributed by atoms with Crippen LogP contribution in [0.25, 0.3) is 26.9 Å². The lowest BCUT2D eigenvalue weighted by Gasteiger charge is -2.08. The standard InChI is InChI=1S/C22H17N3O2S2/c1-14-4-10-18-19(13-14)29-21(24-18)15-5-7-16(8-6-15)23-22(28)25-20(26)11-9-17-3-2-12-27-17/h2-13H,1H3,(H2,23,25,26,28)/b11-9+. The Morgan fingerprint density at radius 2 is 2.00 bits per heavy atom. The number of aromatic nitrogens is 1. The average molecular weight is 420 g/mol. The zero-order chi connectivity index (χ0) is 20.2. The van der Waals surface area contributed by atoms with Gasteiger partial charge in [0.2, 0.25) is 5.91 Å². The van der Waals surface area contributed by atoms with Crippen LogP contribution < -0.4 is 10.6 Å². The fourth-order valence-electron chi connectivity index (χ4n) is 2.71. The van der Waals surface area contributed by atoms with E-state index in [1.165, 1.54) is 16.3 Å². The van der Waals surface area contributed by atoms with Gasteiger partial charge in [0, 0.05) is 17.3 Å². The Morgan fingerprint density at radius 1 is 1.17 bits per heavy atom. The highest BCUT2D eigenvalue weighted by atomic mass is 32.1. The van der Waals surface area contributed by atoms with Gasteiger partial charge in [-0.1, -0.05) is 6.07 Å². The molecule has 2 heterocycles. The number of thiocarbonyl (C=S) groups is 1. The molecule has 7 heteroatoms. The molecule has 2 aromatic carbocycles. The molecule has 0 aliphatic rings. The number of nitrogens with zero attached hydrogens (tertiary/aromatic N) is 1. The Bertz CT molecular complexity index is 1190. The molecule has 0 radical (unpaired) electrons. The molecule has 2 aromatic heterocycles. The van der Waals surface area contributed by atoms with Crippen molar-refractivity contribution in [2.75, 3.05) is 5.32 Å². The Morgan fingerprint density at radius 3 is 2.76 bits per heavy atom. The molecule has 4 aromatic rings. The molecule has 1 amide bonds. The molecule has 0 atom stereocenters. The fourth-order valence-corrected chi connectivity index (χ4v) is 4.00. The van der Waals surface area contributed by atoms with Crippen LogP contribution in [0.5, 0.6) is 0 Å². The number of amides is 1. The number of carbonyl (C=O) groups excluding carboxylic acids is 1. The van der Waals surface area contributed by atoms with Gasteiger partial charge in [0.1, 0.15) is 10.8 Å². The summed E-state index contributed by atoms with van der Waals surface area (Å²) in [7, 11) is 0. The number of benzene rings is 2. The zero-order valence-electron chi connectivity index (χ0n) is 15.5. The maximum absolute atomic E-state index is 11.9. The van der Waals surface area contributed by atoms with Gasteiger partial charge in [-0.05, 0) is 79.3 Å². The van der Waals surface area contributed by atoms with Crippen LogP contribution in [0.4, 0.5) is 5.69 Å². The Labute approximate surface area is 177 Å². The van der Waals surface area contributed by atoms with Crippen molar-refractivity contribution in [3.8, 4) is 10.6 Å². The SMILES string of the molecule is Cc1ccc2nc(-c3ccc(NC(=S)NC(=O)/C=C/c4ccco4)cc3)sc2c1. The number of anilines is 1. The first-order valence-corrected chi connectivity index (χ1v) is 10.1. The van der Waals surface area contributed by atoms with Crippen molar-refractivity contribution in [2.24, 2.45) is 0 Å². The van der Waals surface area contributed by atoms with E-state index in [1.807, 2.05) is 30.3 Å². The van der Waals surface area contributed by atoms with E-state index in [4.69, 9.17) is 21.6 Å². The molecule has 144 valence electrons. The van der Waals surface area contributed by atoms with E-state index < -0.39 is 0 Å². The summed E-state index contributed by atoms with van der Waals surface area (Å²) >= 11 is 6.87. The largest absolute Gasteiger partial charge is 0.465 e. The summed E-state index contributed by atoms with van der Waals surface area (Å²) in [6.45, 7) is 2.08. The van der Waals surface area contributed by atoms with E-state index in [1.54, 1.807) is 35.8 Å². The molecular formula is C22H17N3O2S2. The van der Waals surface area contributed by atoms with Gasteiger partial charge in [-0.25, -0.2) is 4.98 Å². The molecule has 4 rings (SSSR count). The molecule has 0 aliphatic heterocycles. The minimum absolute atomic E-state index is 0.224. The van der Waals surface area contributed by atoms with Crippen LogP contribution in [0.2, 0.25) is 0 Å². The van der Waals surface area contributed by atoms with Gasteiger partial charge in [-0.3, -0.25) is 10.1 Å². The smallest absolute Gasteiger partial charge is 0.250 e. The van der Waals surface area contributed by atoms with Gasteiger partial charge in [0.15, 0.2) is 5.11 Å². The van der Waals surface area contributed by atoms with Gasteiger partial charge in [-0.15, -0.1) is 11.3 Å². The molecule has 0 bridgehead atoms. The molecule has 0 unspecified atom stereocenters. The Kier molecular flexibility index (Phi) is 5.50. The second kappa shape index (κ2) is 8.38. The van der Waals surface area contributed by atoms with Gasteiger partial charge in [0.05, 0.1) is 16.5 Å². The summed E-state index contributed by atoms with van der Waals surface area (Å²) in [4.78, 5) is 16.6. The highest BCUT2D eigenvalue weighted by molar-refractivity contribution is 7.80. The summed E-state index contributed by atoms with van der Waals surface area (Å²) in [6, 6.07) is 17.5. The summed E-state index contributed by atoms with van der Waals surface area (Å²) in [5, 5.41) is 6.80. The van der Waals surface area contributed by atoms with E-state index in [9.17, 15) is 4.79 Å². The van der Waals surface area contributed by atoms with Crippen LogP contribution in [0, 0.1) is 6.92 Å². The monoisotopic (exact) mass is 419 g/mol. The lowest BCUT2D eigenvalue weighted by molar-refractivity contribution is -0.115. The number of furan rings is 1. The summed E-state index contributed by atoms with van der Waals surface area (Å²) in [6.07, 6.45) is 4.49. The molecule has 0 saturated carbocycles. The van der Waals surface area contributed by atoms with Crippen molar-refractivity contribution in [1.29, 1.82) is 0 Å². The molecule has 0 spiro atoms. The minimum atomic E-state index is -0.333. The third-order valence-electron chi connectivity index (χ3n) is 4.11. The molecular weight excluding hydrogens is 402 g/mol. The maximum Gasteiger partial charge on any atom is 0.250 e. The molecule has 0 fully saturated rings. The van der Waals surface area contributed by atoms with Gasteiger partial charge in [-0.2, -0.15) is 0 Å². The highest BCUT2D eigenvalue weighted by Crippen LogP contribution is 2.31. The van der Waals surface area contributed by atoms with Crippen molar-refractivity contribution in [1.82, 2.24) is 10.3 Å². The predicted octanol–water partition coefficient (Wildman–Crippen LogP) is 5.39. The summed E-state index contributed by atoms with van der Waals surface area (Å²) in [5.41, 5.74) is 4.04. The van der Waals surface area contributed by atoms with E-state index in [-0.39, 0.29) is 11.0 Å². The lowest BCUT2D eigenvalue weighted by Crippen LogP contribution is -2.32. The van der Waals surface area contributed by atoms with Crippen molar-refractivity contribution in [3.05, 3.63) is 78.3 Å². The number of hydrogen-bond donors (Lipinski definition) is 2. The molecule has 5 nitrogen and oxygen atoms in total. The van der Waals surface area contributed by atoms with Crippen molar-refractivity contribution >= 4 is 56.6 Å². The number of rotatable bonds is 4. The number of aryl methyl sites for hydroxylation is 1. The van der Waals surface area contributed by atoms with Crippen molar-refractivity contribution in [2.45, 2.75) is 6.92 Å². The minimum Gasteiger partial charge on any atom is -0.465 e. The number of hydrogen-bond acceptors (Lipinski definition) is 5. The number of thiazole rings is 1. The van der Waals surface area contributed by atoms with E-state index in [2.05, 4.69) is 29.7 Å². The van der Waals surface area contributed by atoms with Crippen LogP contribution in [0.3, 0.4) is 0 Å². The average Bonchev–Trinajstić information content (AvgIpc) is 3.36. The highest BCUT2D eigenvalue weighted by Gasteiger charge is 2.07. The Hall–Kier alpha value is -3.29. The van der Waals surface area contributed by atoms with Crippen molar-refractivity contribution in [3.63, 3.8) is 0 Å². The van der Waals surface area contributed by atoms with Gasteiger partial charge in [0.25, 0.3) is 0 Å². The van der Waals surface area contributed by atoms with E-state index in [0.717, 1.165) is 21.8 Å². The van der Waals surface area contributed by atoms with Crippen LogP contribution in [0.1, 0.15) is 11.3 Å². The lowest BCUT2D eigenvalue weighted by atomic mass is 10.2. The number of carbonyl (C=O) groups is 1. The molecule has 0 aliphatic carbocycles. The van der Waals surface area contributed by atoms with E-state index >= 15 is 0 Å². The van der Waals surface area contributed by atoms with Crippen LogP contribution in [-0.4, -0.2) is 16.0 Å². The first kappa shape index (κ1) is 19.0. The normalized spacial score (nSPS) is 11.1. The van der Waals surface area contributed by atoms with Crippen LogP contribution in [-0.2, 0) is 4.79 Å². The first-order valence-electron chi connectivity index (χ1n) is 8.88. The number of fused-ring (bicyclic) bond motifs is 1. The second-order valence-electron chi connectivity index (χ2n) is 6.36. The van der Waals surface area contributed by atoms with Crippen molar-refractivity contribution < 1.29 is 9.21 Å². The predicted molar refractivity (Wildman–Crippen MR) is 122 cm³/mol. The second-order valence-corrected chi connectivity index (χ2v) is 7.80. The molecule has 0 saturated heterocycles. The number of nitrogens with one attached hydrogen (secondary N) is 2. The van der Waals surface area contributed by atoms with Crippen LogP contribution in [0.15, 0.2) is 71.4 Å². The van der Waals surface area contributed by atoms with Gasteiger partial charge >= 0.3 is 0 Å². The Balaban J connectivity index is 1.38. The summed E-state index contributed by atoms with van der Waals surface area (Å²) < 4.78 is 6.31. The third kappa shape index (κ3) is 4.77. The zero-order valence-corrected chi connectivity index (χ0v) is 17.1. The molecule has 2 N–H and O–H groups in total. The van der Waals surface area contributed by atoms with E-state index in [0.29, 0.717) is 5.76 Å². The fraction of sp³-hybridized carbons (Fsp3) is 0.0455. The summed E-state index contributed by atoms with van der Waals surface area (Å²) in [5.74, 6) is 0.264. The third-order valence-corrected chi connectivity index (χ3v) is 5.38. The first-order chi connectivity index (χ1) is 14.1. The topological polar surface area (TPSA) is 67.2 Å². The quantitative estimate of drug-likeness (QED) is 0.343. The molecule has 29 heavy (non-hydrogen) atoms. The van der Waals surface area contributed by atoms with Crippen LogP contribution >= 0.6 is 23.6 Å². The van der Waals surface area contributed by atoms with Gasteiger partial charge < -0.3 is 9.73 Å².